The molecule has 0 spiro atoms. The molecule has 3 heterocycles. The lowest BCUT2D eigenvalue weighted by Gasteiger charge is -2.25. The lowest BCUT2D eigenvalue weighted by atomic mass is 10.1. The lowest BCUT2D eigenvalue weighted by molar-refractivity contribution is -0.115. The molecule has 0 saturated carbocycles. The van der Waals surface area contributed by atoms with Gasteiger partial charge < -0.3 is 15.0 Å². The molecule has 176 valence electrons. The fraction of sp³-hybridized carbons (Fsp3) is 0.250. The zero-order valence-corrected chi connectivity index (χ0v) is 18.4. The van der Waals surface area contributed by atoms with E-state index in [-0.39, 0.29) is 24.0 Å². The van der Waals surface area contributed by atoms with Crippen molar-refractivity contribution in [2.45, 2.75) is 32.6 Å². The number of carbonyl (C=O) groups excluding carboxylic acids is 2. The third-order valence-corrected chi connectivity index (χ3v) is 5.53. The van der Waals surface area contributed by atoms with Gasteiger partial charge >= 0.3 is 12.1 Å². The predicted octanol–water partition coefficient (Wildman–Crippen LogP) is 4.70. The van der Waals surface area contributed by atoms with Crippen LogP contribution in [0.25, 0.3) is 0 Å². The summed E-state index contributed by atoms with van der Waals surface area (Å²) in [6.07, 6.45) is -1.53. The monoisotopic (exact) mass is 470 g/mol. The highest BCUT2D eigenvalue weighted by Crippen LogP contribution is 2.33. The molecule has 1 amide bonds. The van der Waals surface area contributed by atoms with Crippen LogP contribution in [0.1, 0.15) is 50.5 Å². The van der Waals surface area contributed by atoms with Gasteiger partial charge in [0, 0.05) is 30.1 Å². The molecule has 10 heteroatoms. The maximum atomic E-state index is 13.1. The van der Waals surface area contributed by atoms with E-state index in [4.69, 9.17) is 4.74 Å². The Bertz CT molecular complexity index is 1230. The number of aromatic nitrogens is 2. The van der Waals surface area contributed by atoms with Crippen molar-refractivity contribution in [2.24, 2.45) is 0 Å². The van der Waals surface area contributed by atoms with Crippen LogP contribution in [-0.4, -0.2) is 39.5 Å². The summed E-state index contributed by atoms with van der Waals surface area (Å²) >= 11 is 0. The van der Waals surface area contributed by atoms with Crippen molar-refractivity contribution in [3.8, 4) is 5.75 Å². The molecule has 0 aliphatic carbocycles. The molecular weight excluding hydrogens is 449 g/mol. The Morgan fingerprint density at radius 2 is 1.94 bits per heavy atom. The van der Waals surface area contributed by atoms with Gasteiger partial charge in [0.2, 0.25) is 0 Å². The highest BCUT2D eigenvalue weighted by molar-refractivity contribution is 6.02. The van der Waals surface area contributed by atoms with Crippen LogP contribution in [0.5, 0.6) is 5.75 Å². The van der Waals surface area contributed by atoms with E-state index >= 15 is 0 Å². The summed E-state index contributed by atoms with van der Waals surface area (Å²) in [6, 6.07) is 11.3. The smallest absolute Gasteiger partial charge is 0.405 e. The number of nitrogens with zero attached hydrogens (tertiary/aromatic N) is 3. The number of rotatable bonds is 6. The van der Waals surface area contributed by atoms with Crippen molar-refractivity contribution in [3.05, 3.63) is 82.8 Å². The van der Waals surface area contributed by atoms with Crippen molar-refractivity contribution in [2.75, 3.05) is 11.9 Å². The number of nitrogens with one attached hydrogen (secondary N) is 1. The van der Waals surface area contributed by atoms with Gasteiger partial charge in [-0.15, -0.1) is 0 Å². The predicted molar refractivity (Wildman–Crippen MR) is 117 cm³/mol. The number of hydrogen-bond acceptors (Lipinski definition) is 6. The Balaban J connectivity index is 1.53. The maximum absolute atomic E-state index is 13.1. The first-order valence-corrected chi connectivity index (χ1v) is 10.5. The topological polar surface area (TPSA) is 84.4 Å². The van der Waals surface area contributed by atoms with Gasteiger partial charge in [0.1, 0.15) is 18.1 Å². The van der Waals surface area contributed by atoms with Crippen molar-refractivity contribution < 1.29 is 27.5 Å². The van der Waals surface area contributed by atoms with Crippen LogP contribution in [0.2, 0.25) is 0 Å². The minimum atomic E-state index is -4.36. The Morgan fingerprint density at radius 1 is 1.21 bits per heavy atom. The quantitative estimate of drug-likeness (QED) is 0.416. The molecule has 1 atom stereocenters. The van der Waals surface area contributed by atoms with E-state index in [0.717, 1.165) is 0 Å². The first kappa shape index (κ1) is 23.2. The van der Waals surface area contributed by atoms with Crippen LogP contribution >= 0.6 is 0 Å². The molecule has 3 aromatic rings. The van der Waals surface area contributed by atoms with Gasteiger partial charge in [-0.2, -0.15) is 13.2 Å². The first-order valence-electron chi connectivity index (χ1n) is 10.5. The molecule has 1 aliphatic heterocycles. The summed E-state index contributed by atoms with van der Waals surface area (Å²) in [5, 5.41) is 2.28. The van der Waals surface area contributed by atoms with Crippen molar-refractivity contribution in [1.29, 1.82) is 0 Å². The zero-order chi connectivity index (χ0) is 24.5. The molecular formula is C24H21F3N4O3. The molecule has 34 heavy (non-hydrogen) atoms. The van der Waals surface area contributed by atoms with E-state index in [1.165, 1.54) is 12.4 Å². The number of halogens is 3. The fourth-order valence-electron chi connectivity index (χ4n) is 3.76. The second-order valence-electron chi connectivity index (χ2n) is 7.90. The number of pyridine rings is 2. The standard InChI is InChI=1S/C24H21F3N4O3/c1-14-10-16(11-29-21(14)30-13-24(25,26)27)15(2)31-12-19-18(22(31)32)8-9-28-20(19)23(33)34-17-6-4-3-5-7-17/h3-11,15H,12-13H2,1-2H3,(H,29,30). The minimum absolute atomic E-state index is 0.0606. The number of para-hydroxylation sites is 1. The molecule has 0 bridgehead atoms. The molecule has 2 aromatic heterocycles. The Morgan fingerprint density at radius 3 is 2.62 bits per heavy atom. The summed E-state index contributed by atoms with van der Waals surface area (Å²) < 4.78 is 42.9. The largest absolute Gasteiger partial charge is 0.422 e. The van der Waals surface area contributed by atoms with Crippen LogP contribution in [-0.2, 0) is 6.54 Å². The third kappa shape index (κ3) is 4.85. The molecule has 1 unspecified atom stereocenters. The van der Waals surface area contributed by atoms with Gasteiger partial charge in [0.25, 0.3) is 5.91 Å². The third-order valence-electron chi connectivity index (χ3n) is 5.53. The Kier molecular flexibility index (Phi) is 6.23. The van der Waals surface area contributed by atoms with Gasteiger partial charge in [0.05, 0.1) is 6.04 Å². The summed E-state index contributed by atoms with van der Waals surface area (Å²) in [5.41, 5.74) is 2.05. The highest BCUT2D eigenvalue weighted by atomic mass is 19.4. The van der Waals surface area contributed by atoms with Crippen molar-refractivity contribution in [1.82, 2.24) is 14.9 Å². The van der Waals surface area contributed by atoms with Gasteiger partial charge in [0.15, 0.2) is 5.69 Å². The minimum Gasteiger partial charge on any atom is -0.422 e. The van der Waals surface area contributed by atoms with E-state index in [2.05, 4.69) is 15.3 Å². The van der Waals surface area contributed by atoms with Gasteiger partial charge in [-0.25, -0.2) is 14.8 Å². The summed E-state index contributed by atoms with van der Waals surface area (Å²) in [7, 11) is 0. The second kappa shape index (κ2) is 9.12. The van der Waals surface area contributed by atoms with E-state index in [1.807, 2.05) is 0 Å². The average molecular weight is 470 g/mol. The van der Waals surface area contributed by atoms with Gasteiger partial charge in [-0.3, -0.25) is 4.79 Å². The van der Waals surface area contributed by atoms with Gasteiger partial charge in [-0.05, 0) is 49.2 Å². The first-order chi connectivity index (χ1) is 16.1. The molecule has 4 rings (SSSR count). The number of amides is 1. The number of hydrogen-bond donors (Lipinski definition) is 1. The van der Waals surface area contributed by atoms with Gasteiger partial charge in [-0.1, -0.05) is 18.2 Å². The number of fused-ring (bicyclic) bond motifs is 1. The molecule has 0 saturated heterocycles. The number of alkyl halides is 3. The van der Waals surface area contributed by atoms with Crippen LogP contribution in [0.4, 0.5) is 19.0 Å². The number of benzene rings is 1. The summed E-state index contributed by atoms with van der Waals surface area (Å²) in [4.78, 5) is 35.6. The van der Waals surface area contributed by atoms with E-state index in [0.29, 0.717) is 28.0 Å². The molecule has 1 N–H and O–H groups in total. The highest BCUT2D eigenvalue weighted by Gasteiger charge is 2.35. The fourth-order valence-corrected chi connectivity index (χ4v) is 3.76. The van der Waals surface area contributed by atoms with Crippen LogP contribution in [0, 0.1) is 6.92 Å². The normalized spacial score (nSPS) is 14.0. The zero-order valence-electron chi connectivity index (χ0n) is 18.4. The molecule has 7 nitrogen and oxygen atoms in total. The number of esters is 1. The maximum Gasteiger partial charge on any atom is 0.405 e. The Labute approximate surface area is 193 Å². The average Bonchev–Trinajstić information content (AvgIpc) is 3.14. The van der Waals surface area contributed by atoms with E-state index in [1.54, 1.807) is 61.2 Å². The van der Waals surface area contributed by atoms with E-state index in [9.17, 15) is 22.8 Å². The lowest BCUT2D eigenvalue weighted by Crippen LogP contribution is -2.27. The summed E-state index contributed by atoms with van der Waals surface area (Å²) in [6.45, 7) is 2.38. The van der Waals surface area contributed by atoms with Crippen LogP contribution in [0.3, 0.4) is 0 Å². The number of ether oxygens (including phenoxy) is 1. The number of carbonyl (C=O) groups is 2. The SMILES string of the molecule is Cc1cc(C(C)N2Cc3c(ccnc3C(=O)Oc3ccccc3)C2=O)cnc1NCC(F)(F)F. The van der Waals surface area contributed by atoms with Crippen LogP contribution in [0.15, 0.2) is 54.9 Å². The Hall–Kier alpha value is -3.95. The van der Waals surface area contributed by atoms with Crippen molar-refractivity contribution in [3.63, 3.8) is 0 Å². The van der Waals surface area contributed by atoms with Crippen LogP contribution < -0.4 is 10.1 Å². The summed E-state index contributed by atoms with van der Waals surface area (Å²) in [5.74, 6) is -0.458. The molecule has 1 aliphatic rings. The van der Waals surface area contributed by atoms with E-state index < -0.39 is 24.7 Å². The second-order valence-corrected chi connectivity index (χ2v) is 7.90. The molecule has 0 radical (unpaired) electrons. The molecule has 1 aromatic carbocycles. The van der Waals surface area contributed by atoms with Crippen molar-refractivity contribution >= 4 is 17.7 Å². The molecule has 0 fully saturated rings. The number of aryl methyl sites for hydroxylation is 1. The number of anilines is 1.